The van der Waals surface area contributed by atoms with Crippen molar-refractivity contribution in [2.75, 3.05) is 13.6 Å². The molecule has 0 fully saturated rings. The minimum absolute atomic E-state index is 0. The van der Waals surface area contributed by atoms with Gasteiger partial charge in [0, 0.05) is 25.2 Å². The van der Waals surface area contributed by atoms with E-state index < -0.39 is 35.0 Å². The van der Waals surface area contributed by atoms with Crippen LogP contribution in [0.25, 0.3) is 0 Å². The largest absolute Gasteiger partial charge is 0.416 e. The van der Waals surface area contributed by atoms with Crippen molar-refractivity contribution >= 4 is 18.3 Å². The van der Waals surface area contributed by atoms with Crippen molar-refractivity contribution in [3.05, 3.63) is 34.9 Å². The number of hydrogen-bond acceptors (Lipinski definition) is 2. The Bertz CT molecular complexity index is 583. The van der Waals surface area contributed by atoms with Crippen molar-refractivity contribution in [2.45, 2.75) is 38.7 Å². The minimum Gasteiger partial charge on any atom is -0.342 e. The van der Waals surface area contributed by atoms with Crippen LogP contribution in [0.15, 0.2) is 18.2 Å². The molecular weight excluding hydrogens is 386 g/mol. The van der Waals surface area contributed by atoms with Gasteiger partial charge in [0.2, 0.25) is 0 Å². The summed E-state index contributed by atoms with van der Waals surface area (Å²) in [6.07, 6.45) is -9.60. The van der Waals surface area contributed by atoms with Crippen molar-refractivity contribution in [1.29, 1.82) is 0 Å². The third-order valence-corrected chi connectivity index (χ3v) is 3.84. The molecule has 0 spiro atoms. The molecule has 1 amide bonds. The number of carbonyl (C=O) groups is 1. The van der Waals surface area contributed by atoms with E-state index in [2.05, 4.69) is 0 Å². The molecule has 150 valence electrons. The Labute approximate surface area is 153 Å². The van der Waals surface area contributed by atoms with Crippen molar-refractivity contribution in [2.24, 2.45) is 11.7 Å². The van der Waals surface area contributed by atoms with Crippen LogP contribution in [0.1, 0.15) is 41.8 Å². The fourth-order valence-corrected chi connectivity index (χ4v) is 2.08. The Balaban J connectivity index is 0.00000625. The Morgan fingerprint density at radius 1 is 1.04 bits per heavy atom. The average Bonchev–Trinajstić information content (AvgIpc) is 2.49. The van der Waals surface area contributed by atoms with Gasteiger partial charge in [-0.2, -0.15) is 26.3 Å². The molecule has 1 rings (SSSR count). The van der Waals surface area contributed by atoms with Gasteiger partial charge in [-0.25, -0.2) is 0 Å². The molecule has 0 saturated carbocycles. The number of alkyl halides is 6. The molecule has 1 unspecified atom stereocenters. The standard InChI is InChI=1S/C16H20F6N2O.ClH/c1-9(2)13(23)4-5-24(3)14(25)10-6-11(15(17,18)19)8-12(7-10)16(20,21)22;/h6-9,13H,4-5,23H2,1-3H3;1H. The zero-order chi connectivity index (χ0) is 19.6. The molecular formula is C16H21ClF6N2O. The Morgan fingerprint density at radius 2 is 1.46 bits per heavy atom. The molecule has 1 aromatic rings. The maximum Gasteiger partial charge on any atom is 0.416 e. The number of carbonyl (C=O) groups excluding carboxylic acids is 1. The number of rotatable bonds is 5. The Kier molecular flexibility index (Phi) is 8.43. The van der Waals surface area contributed by atoms with E-state index in [0.717, 1.165) is 4.90 Å². The van der Waals surface area contributed by atoms with Crippen LogP contribution in [0, 0.1) is 5.92 Å². The van der Waals surface area contributed by atoms with Gasteiger partial charge in [0.1, 0.15) is 0 Å². The second-order valence-electron chi connectivity index (χ2n) is 6.22. The normalized spacial score (nSPS) is 13.3. The molecule has 1 aromatic carbocycles. The number of amides is 1. The van der Waals surface area contributed by atoms with E-state index in [4.69, 9.17) is 5.73 Å². The van der Waals surface area contributed by atoms with Gasteiger partial charge in [0.15, 0.2) is 0 Å². The van der Waals surface area contributed by atoms with Gasteiger partial charge in [-0.3, -0.25) is 4.79 Å². The third-order valence-electron chi connectivity index (χ3n) is 3.84. The van der Waals surface area contributed by atoms with Gasteiger partial charge in [0.05, 0.1) is 11.1 Å². The summed E-state index contributed by atoms with van der Waals surface area (Å²) in [5, 5.41) is 0. The van der Waals surface area contributed by atoms with Crippen molar-refractivity contribution < 1.29 is 31.1 Å². The molecule has 0 aliphatic heterocycles. The SMILES string of the molecule is CC(C)C(N)CCN(C)C(=O)c1cc(C(F)(F)F)cc(C(F)(F)F)c1.Cl. The highest BCUT2D eigenvalue weighted by Gasteiger charge is 2.37. The highest BCUT2D eigenvalue weighted by atomic mass is 35.5. The van der Waals surface area contributed by atoms with Gasteiger partial charge in [-0.1, -0.05) is 13.8 Å². The minimum atomic E-state index is -4.99. The Morgan fingerprint density at radius 3 is 1.81 bits per heavy atom. The van der Waals surface area contributed by atoms with E-state index in [-0.39, 0.29) is 37.0 Å². The van der Waals surface area contributed by atoms with Crippen LogP contribution in [0.3, 0.4) is 0 Å². The van der Waals surface area contributed by atoms with E-state index in [1.165, 1.54) is 7.05 Å². The molecule has 0 aliphatic rings. The van der Waals surface area contributed by atoms with E-state index >= 15 is 0 Å². The van der Waals surface area contributed by atoms with E-state index in [9.17, 15) is 31.1 Å². The summed E-state index contributed by atoms with van der Waals surface area (Å²) in [5.41, 5.74) is 2.13. The lowest BCUT2D eigenvalue weighted by Gasteiger charge is -2.22. The summed E-state index contributed by atoms with van der Waals surface area (Å²) in [7, 11) is 1.31. The Hall–Kier alpha value is -1.48. The first-order valence-corrected chi connectivity index (χ1v) is 7.54. The van der Waals surface area contributed by atoms with Crippen LogP contribution in [-0.2, 0) is 12.4 Å². The highest BCUT2D eigenvalue weighted by molar-refractivity contribution is 5.94. The molecule has 2 N–H and O–H groups in total. The summed E-state index contributed by atoms with van der Waals surface area (Å²) in [6.45, 7) is 3.86. The predicted molar refractivity (Wildman–Crippen MR) is 88.1 cm³/mol. The molecule has 10 heteroatoms. The van der Waals surface area contributed by atoms with Crippen LogP contribution in [0.2, 0.25) is 0 Å². The summed E-state index contributed by atoms with van der Waals surface area (Å²) in [6, 6.07) is 0.612. The van der Waals surface area contributed by atoms with Crippen LogP contribution < -0.4 is 5.73 Å². The zero-order valence-corrected chi connectivity index (χ0v) is 15.2. The predicted octanol–water partition coefficient (Wildman–Crippen LogP) is 4.59. The lowest BCUT2D eigenvalue weighted by molar-refractivity contribution is -0.143. The van der Waals surface area contributed by atoms with Crippen molar-refractivity contribution in [3.63, 3.8) is 0 Å². The summed E-state index contributed by atoms with van der Waals surface area (Å²) < 4.78 is 77.0. The summed E-state index contributed by atoms with van der Waals surface area (Å²) in [5.74, 6) is -0.790. The molecule has 0 heterocycles. The lowest BCUT2D eigenvalue weighted by atomic mass is 10.0. The lowest BCUT2D eigenvalue weighted by Crippen LogP contribution is -2.34. The van der Waals surface area contributed by atoms with Gasteiger partial charge in [-0.05, 0) is 30.5 Å². The average molecular weight is 407 g/mol. The zero-order valence-electron chi connectivity index (χ0n) is 14.4. The topological polar surface area (TPSA) is 46.3 Å². The number of benzene rings is 1. The molecule has 0 radical (unpaired) electrons. The summed E-state index contributed by atoms with van der Waals surface area (Å²) in [4.78, 5) is 13.3. The fourth-order valence-electron chi connectivity index (χ4n) is 2.08. The van der Waals surface area contributed by atoms with E-state index in [1.54, 1.807) is 0 Å². The molecule has 0 bridgehead atoms. The molecule has 26 heavy (non-hydrogen) atoms. The van der Waals surface area contributed by atoms with Crippen LogP contribution in [-0.4, -0.2) is 30.4 Å². The smallest absolute Gasteiger partial charge is 0.342 e. The first-order valence-electron chi connectivity index (χ1n) is 7.54. The number of nitrogens with two attached hydrogens (primary N) is 1. The monoisotopic (exact) mass is 406 g/mol. The van der Waals surface area contributed by atoms with Crippen LogP contribution >= 0.6 is 12.4 Å². The number of nitrogens with zero attached hydrogens (tertiary/aromatic N) is 1. The van der Waals surface area contributed by atoms with Gasteiger partial charge < -0.3 is 10.6 Å². The van der Waals surface area contributed by atoms with Gasteiger partial charge >= 0.3 is 12.4 Å². The highest BCUT2D eigenvalue weighted by Crippen LogP contribution is 2.36. The molecule has 1 atom stereocenters. The van der Waals surface area contributed by atoms with E-state index in [0.29, 0.717) is 18.6 Å². The first kappa shape index (κ1) is 24.5. The van der Waals surface area contributed by atoms with Gasteiger partial charge in [0.25, 0.3) is 5.91 Å². The molecule has 0 saturated heterocycles. The maximum absolute atomic E-state index is 12.8. The second-order valence-corrected chi connectivity index (χ2v) is 6.22. The van der Waals surface area contributed by atoms with E-state index in [1.807, 2.05) is 13.8 Å². The second kappa shape index (κ2) is 8.94. The first-order chi connectivity index (χ1) is 11.2. The molecule has 3 nitrogen and oxygen atoms in total. The molecule has 0 aromatic heterocycles. The molecule has 0 aliphatic carbocycles. The third kappa shape index (κ3) is 6.68. The van der Waals surface area contributed by atoms with Crippen molar-refractivity contribution in [3.8, 4) is 0 Å². The number of hydrogen-bond donors (Lipinski definition) is 1. The number of halogens is 7. The van der Waals surface area contributed by atoms with Crippen LogP contribution in [0.5, 0.6) is 0 Å². The van der Waals surface area contributed by atoms with Crippen LogP contribution in [0.4, 0.5) is 26.3 Å². The summed E-state index contributed by atoms with van der Waals surface area (Å²) >= 11 is 0. The van der Waals surface area contributed by atoms with Crippen molar-refractivity contribution in [1.82, 2.24) is 4.90 Å². The quantitative estimate of drug-likeness (QED) is 0.727. The van der Waals surface area contributed by atoms with Gasteiger partial charge in [-0.15, -0.1) is 12.4 Å². The maximum atomic E-state index is 12.8. The fraction of sp³-hybridized carbons (Fsp3) is 0.562.